The lowest BCUT2D eigenvalue weighted by Crippen LogP contribution is -2.33. The minimum absolute atomic E-state index is 0.0803. The van der Waals surface area contributed by atoms with Crippen molar-refractivity contribution in [2.24, 2.45) is 11.8 Å². The quantitative estimate of drug-likeness (QED) is 0.659. The molecule has 18 heavy (non-hydrogen) atoms. The maximum atomic E-state index is 10.9. The third kappa shape index (κ3) is 2.78. The summed E-state index contributed by atoms with van der Waals surface area (Å²) < 4.78 is 0. The molecule has 0 aromatic carbocycles. The third-order valence-electron chi connectivity index (χ3n) is 3.73. The Kier molecular flexibility index (Phi) is 3.79. The summed E-state index contributed by atoms with van der Waals surface area (Å²) >= 11 is 0. The minimum atomic E-state index is -0.432. The van der Waals surface area contributed by atoms with Crippen molar-refractivity contribution in [3.05, 3.63) is 28.4 Å². The van der Waals surface area contributed by atoms with Crippen LogP contribution in [0.5, 0.6) is 0 Å². The van der Waals surface area contributed by atoms with Crippen molar-refractivity contribution < 1.29 is 4.92 Å². The van der Waals surface area contributed by atoms with E-state index in [1.807, 2.05) is 0 Å². The van der Waals surface area contributed by atoms with Gasteiger partial charge in [-0.2, -0.15) is 0 Å². The second-order valence-electron chi connectivity index (χ2n) is 5.28. The van der Waals surface area contributed by atoms with E-state index < -0.39 is 4.92 Å². The van der Waals surface area contributed by atoms with Gasteiger partial charge in [0.2, 0.25) is 0 Å². The van der Waals surface area contributed by atoms with Gasteiger partial charge in [-0.25, -0.2) is 0 Å². The molecule has 1 aromatic heterocycles. The van der Waals surface area contributed by atoms with Gasteiger partial charge in [-0.3, -0.25) is 0 Å². The van der Waals surface area contributed by atoms with Crippen LogP contribution in [0, 0.1) is 22.0 Å². The van der Waals surface area contributed by atoms with Gasteiger partial charge in [0.25, 0.3) is 0 Å². The zero-order valence-corrected chi connectivity index (χ0v) is 10.8. The predicted octanol–water partition coefficient (Wildman–Crippen LogP) is 3.23. The highest BCUT2D eigenvalue weighted by Crippen LogP contribution is 2.32. The molecule has 0 spiro atoms. The van der Waals surface area contributed by atoms with Gasteiger partial charge in [-0.05, 0) is 53.1 Å². The number of hydrogen-bond donors (Lipinski definition) is 1. The van der Waals surface area contributed by atoms with Crippen molar-refractivity contribution in [2.75, 3.05) is 5.32 Å². The standard InChI is InChI=1S/C13H19N3O2/c1-9-5-6-11(10(2)8-9)15-12-4-3-7-14-13(12)16(17)18/h3-4,7,9-11,15H,5-6,8H2,1-2H3. The Morgan fingerprint density at radius 2 is 2.22 bits per heavy atom. The Morgan fingerprint density at radius 1 is 1.44 bits per heavy atom. The second-order valence-corrected chi connectivity index (χ2v) is 5.28. The van der Waals surface area contributed by atoms with Gasteiger partial charge in [0.1, 0.15) is 11.9 Å². The average Bonchev–Trinajstić information content (AvgIpc) is 2.33. The number of anilines is 1. The number of hydrogen-bond acceptors (Lipinski definition) is 4. The summed E-state index contributed by atoms with van der Waals surface area (Å²) in [4.78, 5) is 14.3. The van der Waals surface area contributed by atoms with Gasteiger partial charge in [0, 0.05) is 6.04 Å². The molecule has 98 valence electrons. The molecule has 0 amide bonds. The number of pyridine rings is 1. The van der Waals surface area contributed by atoms with Gasteiger partial charge >= 0.3 is 5.82 Å². The molecule has 1 aliphatic carbocycles. The molecule has 3 atom stereocenters. The molecule has 0 bridgehead atoms. The third-order valence-corrected chi connectivity index (χ3v) is 3.73. The van der Waals surface area contributed by atoms with Crippen molar-refractivity contribution >= 4 is 11.5 Å². The van der Waals surface area contributed by atoms with E-state index in [0.29, 0.717) is 17.6 Å². The molecule has 0 radical (unpaired) electrons. The van der Waals surface area contributed by atoms with Crippen molar-refractivity contribution in [2.45, 2.75) is 39.2 Å². The summed E-state index contributed by atoms with van der Waals surface area (Å²) in [5.74, 6) is 1.21. The first kappa shape index (κ1) is 12.8. The van der Waals surface area contributed by atoms with E-state index in [1.165, 1.54) is 19.0 Å². The second kappa shape index (κ2) is 5.33. The molecule has 1 saturated carbocycles. The Labute approximate surface area is 107 Å². The largest absolute Gasteiger partial charge is 0.386 e. The van der Waals surface area contributed by atoms with Gasteiger partial charge in [-0.15, -0.1) is 0 Å². The highest BCUT2D eigenvalue weighted by atomic mass is 16.6. The monoisotopic (exact) mass is 249 g/mol. The molecule has 3 unspecified atom stereocenters. The van der Waals surface area contributed by atoms with Crippen LogP contribution in [0.1, 0.15) is 33.1 Å². The van der Waals surface area contributed by atoms with E-state index in [4.69, 9.17) is 0 Å². The van der Waals surface area contributed by atoms with Crippen molar-refractivity contribution in [3.8, 4) is 0 Å². The van der Waals surface area contributed by atoms with Gasteiger partial charge < -0.3 is 15.4 Å². The lowest BCUT2D eigenvalue weighted by molar-refractivity contribution is -0.388. The van der Waals surface area contributed by atoms with E-state index in [9.17, 15) is 10.1 Å². The highest BCUT2D eigenvalue weighted by Gasteiger charge is 2.27. The number of nitrogens with zero attached hydrogens (tertiary/aromatic N) is 2. The number of aromatic nitrogens is 1. The van der Waals surface area contributed by atoms with Crippen LogP contribution in [0.4, 0.5) is 11.5 Å². The first-order chi connectivity index (χ1) is 8.58. The minimum Gasteiger partial charge on any atom is -0.375 e. The van der Waals surface area contributed by atoms with E-state index in [1.54, 1.807) is 12.1 Å². The summed E-state index contributed by atoms with van der Waals surface area (Å²) in [6, 6.07) is 3.77. The van der Waals surface area contributed by atoms with E-state index in [0.717, 1.165) is 12.3 Å². The van der Waals surface area contributed by atoms with Crippen LogP contribution in [0.15, 0.2) is 18.3 Å². The molecule has 5 heteroatoms. The fourth-order valence-electron chi connectivity index (χ4n) is 2.73. The SMILES string of the molecule is CC1CCC(Nc2cccnc2[N+](=O)[O-])C(C)C1. The molecule has 0 saturated heterocycles. The molecule has 5 nitrogen and oxygen atoms in total. The molecule has 0 aliphatic heterocycles. The maximum Gasteiger partial charge on any atom is 0.386 e. The molecule has 2 rings (SSSR count). The lowest BCUT2D eigenvalue weighted by atomic mass is 9.80. The molecule has 1 fully saturated rings. The molecular formula is C13H19N3O2. The fraction of sp³-hybridized carbons (Fsp3) is 0.615. The van der Waals surface area contributed by atoms with Crippen LogP contribution >= 0.6 is 0 Å². The van der Waals surface area contributed by atoms with Crippen LogP contribution in [-0.2, 0) is 0 Å². The topological polar surface area (TPSA) is 68.1 Å². The summed E-state index contributed by atoms with van der Waals surface area (Å²) in [7, 11) is 0. The maximum absolute atomic E-state index is 10.9. The Bertz CT molecular complexity index is 436. The smallest absolute Gasteiger partial charge is 0.375 e. The van der Waals surface area contributed by atoms with Crippen LogP contribution in [0.3, 0.4) is 0 Å². The first-order valence-electron chi connectivity index (χ1n) is 6.44. The number of rotatable bonds is 3. The number of nitrogens with one attached hydrogen (secondary N) is 1. The lowest BCUT2D eigenvalue weighted by Gasteiger charge is -2.33. The van der Waals surface area contributed by atoms with Gasteiger partial charge in [0.05, 0.1) is 0 Å². The van der Waals surface area contributed by atoms with E-state index >= 15 is 0 Å². The van der Waals surface area contributed by atoms with Crippen LogP contribution < -0.4 is 5.32 Å². The van der Waals surface area contributed by atoms with E-state index in [-0.39, 0.29) is 5.82 Å². The van der Waals surface area contributed by atoms with Crippen molar-refractivity contribution in [1.82, 2.24) is 4.98 Å². The predicted molar refractivity (Wildman–Crippen MR) is 70.5 cm³/mol. The van der Waals surface area contributed by atoms with Gasteiger partial charge in [-0.1, -0.05) is 13.8 Å². The van der Waals surface area contributed by atoms with Crippen molar-refractivity contribution in [1.29, 1.82) is 0 Å². The average molecular weight is 249 g/mol. The Morgan fingerprint density at radius 3 is 2.89 bits per heavy atom. The molecule has 1 N–H and O–H groups in total. The van der Waals surface area contributed by atoms with Crippen LogP contribution in [0.25, 0.3) is 0 Å². The number of nitro groups is 1. The van der Waals surface area contributed by atoms with Gasteiger partial charge in [0.15, 0.2) is 0 Å². The summed E-state index contributed by atoms with van der Waals surface area (Å²) in [5.41, 5.74) is 0.536. The zero-order valence-electron chi connectivity index (χ0n) is 10.8. The first-order valence-corrected chi connectivity index (χ1v) is 6.44. The normalized spacial score (nSPS) is 27.8. The van der Waals surface area contributed by atoms with Crippen LogP contribution in [-0.4, -0.2) is 15.9 Å². The Hall–Kier alpha value is -1.65. The summed E-state index contributed by atoms with van der Waals surface area (Å²) in [6.45, 7) is 4.47. The fourth-order valence-corrected chi connectivity index (χ4v) is 2.73. The molecule has 1 aliphatic rings. The van der Waals surface area contributed by atoms with Crippen LogP contribution in [0.2, 0.25) is 0 Å². The zero-order chi connectivity index (χ0) is 13.1. The summed E-state index contributed by atoms with van der Waals surface area (Å²) in [5, 5.41) is 14.2. The molecule has 1 heterocycles. The Balaban J connectivity index is 2.12. The van der Waals surface area contributed by atoms with Crippen molar-refractivity contribution in [3.63, 3.8) is 0 Å². The summed E-state index contributed by atoms with van der Waals surface area (Å²) in [6.07, 6.45) is 4.87. The molecule has 1 aromatic rings. The van der Waals surface area contributed by atoms with E-state index in [2.05, 4.69) is 24.1 Å². The highest BCUT2D eigenvalue weighted by molar-refractivity contribution is 5.57. The molecular weight excluding hydrogens is 230 g/mol.